The molecule has 1 aliphatic carbocycles. The maximum atomic E-state index is 13.2. The zero-order valence-corrected chi connectivity index (χ0v) is 26.1. The van der Waals surface area contributed by atoms with E-state index in [1.807, 2.05) is 89.8 Å². The molecule has 7 nitrogen and oxygen atoms in total. The fourth-order valence-corrected chi connectivity index (χ4v) is 5.22. The lowest BCUT2D eigenvalue weighted by atomic mass is 10.00. The van der Waals surface area contributed by atoms with Crippen molar-refractivity contribution in [2.45, 2.75) is 31.7 Å². The summed E-state index contributed by atoms with van der Waals surface area (Å²) >= 11 is 0. The van der Waals surface area contributed by atoms with Gasteiger partial charge < -0.3 is 19.7 Å². The van der Waals surface area contributed by atoms with Crippen molar-refractivity contribution in [2.24, 2.45) is 5.92 Å². The van der Waals surface area contributed by atoms with Gasteiger partial charge in [-0.3, -0.25) is 9.59 Å². The number of ketones is 1. The van der Waals surface area contributed by atoms with Crippen LogP contribution in [0, 0.1) is 5.92 Å². The van der Waals surface area contributed by atoms with Gasteiger partial charge in [0.25, 0.3) is 0 Å². The fraction of sp³-hybridized carbons (Fsp3) is 0.256. The maximum Gasteiger partial charge on any atom is 0.328 e. The van der Waals surface area contributed by atoms with Gasteiger partial charge in [0.05, 0.1) is 13.7 Å². The summed E-state index contributed by atoms with van der Waals surface area (Å²) in [6, 6.07) is 33.0. The molecule has 0 aromatic heterocycles. The molecule has 7 heteroatoms. The van der Waals surface area contributed by atoms with Gasteiger partial charge in [0.1, 0.15) is 11.8 Å². The minimum atomic E-state index is -0.701. The molecule has 1 saturated carbocycles. The monoisotopic (exact) mass is 616 g/mol. The third kappa shape index (κ3) is 9.41. The summed E-state index contributed by atoms with van der Waals surface area (Å²) in [7, 11) is 1.36. The number of esters is 1. The van der Waals surface area contributed by atoms with Crippen LogP contribution in [-0.4, -0.2) is 55.4 Å². The third-order valence-electron chi connectivity index (χ3n) is 7.93. The van der Waals surface area contributed by atoms with Crippen LogP contribution in [0.4, 0.5) is 5.69 Å². The van der Waals surface area contributed by atoms with Gasteiger partial charge in [-0.2, -0.15) is 0 Å². The van der Waals surface area contributed by atoms with E-state index in [0.29, 0.717) is 48.1 Å². The quantitative estimate of drug-likeness (QED) is 0.0643. The Morgan fingerprint density at radius 1 is 0.870 bits per heavy atom. The Morgan fingerprint density at radius 2 is 1.54 bits per heavy atom. The molecule has 1 N–H and O–H groups in total. The van der Waals surface area contributed by atoms with Crippen LogP contribution in [0.1, 0.15) is 46.3 Å². The summed E-state index contributed by atoms with van der Waals surface area (Å²) in [5, 5.41) is 3.25. The van der Waals surface area contributed by atoms with Crippen LogP contribution in [0.3, 0.4) is 0 Å². The van der Waals surface area contributed by atoms with Crippen LogP contribution < -0.4 is 10.1 Å². The van der Waals surface area contributed by atoms with Crippen molar-refractivity contribution in [2.75, 3.05) is 32.1 Å². The molecular formula is C39H40N2O5. The molecule has 0 radical (unpaired) electrons. The molecule has 1 fully saturated rings. The molecule has 0 heterocycles. The zero-order valence-electron chi connectivity index (χ0n) is 26.1. The van der Waals surface area contributed by atoms with E-state index < -0.39 is 12.0 Å². The minimum absolute atomic E-state index is 0.0286. The van der Waals surface area contributed by atoms with Crippen molar-refractivity contribution in [1.82, 2.24) is 4.90 Å². The van der Waals surface area contributed by atoms with Crippen LogP contribution in [0.15, 0.2) is 115 Å². The number of carbonyl (C=O) groups is 3. The van der Waals surface area contributed by atoms with Crippen LogP contribution in [0.2, 0.25) is 0 Å². The molecule has 4 aromatic carbocycles. The van der Waals surface area contributed by atoms with Gasteiger partial charge in [0.2, 0.25) is 5.91 Å². The number of carbonyl (C=O) groups excluding carboxylic acids is 3. The molecule has 4 aromatic rings. The van der Waals surface area contributed by atoms with Gasteiger partial charge >= 0.3 is 5.97 Å². The first-order valence-corrected chi connectivity index (χ1v) is 15.8. The SMILES string of the molecule is COC(=O)[C@H](Cc1ccc(OCCCN(CC2CC2)C(=O)C=Cc2ccccc2)cc1)Nc1ccccc1C(=O)c1ccccc1. The number of rotatable bonds is 16. The first-order chi connectivity index (χ1) is 22.5. The predicted molar refractivity (Wildman–Crippen MR) is 181 cm³/mol. The van der Waals surface area contributed by atoms with E-state index in [-0.39, 0.29) is 11.7 Å². The number of benzene rings is 4. The lowest BCUT2D eigenvalue weighted by molar-refractivity contribution is -0.141. The van der Waals surface area contributed by atoms with E-state index in [0.717, 1.165) is 24.1 Å². The van der Waals surface area contributed by atoms with Crippen molar-refractivity contribution in [3.8, 4) is 5.75 Å². The van der Waals surface area contributed by atoms with Crippen LogP contribution in [0.5, 0.6) is 5.75 Å². The first kappa shape index (κ1) is 32.2. The first-order valence-electron chi connectivity index (χ1n) is 15.8. The molecule has 1 amide bonds. The van der Waals surface area contributed by atoms with Crippen LogP contribution in [0.25, 0.3) is 6.08 Å². The molecule has 1 aliphatic rings. The molecule has 236 valence electrons. The van der Waals surface area contributed by atoms with Gasteiger partial charge in [0, 0.05) is 42.4 Å². The van der Waals surface area contributed by atoms with Gasteiger partial charge in [-0.1, -0.05) is 84.9 Å². The molecular weight excluding hydrogens is 576 g/mol. The topological polar surface area (TPSA) is 84.9 Å². The highest BCUT2D eigenvalue weighted by Gasteiger charge is 2.26. The lowest BCUT2D eigenvalue weighted by Gasteiger charge is -2.21. The zero-order chi connectivity index (χ0) is 32.1. The van der Waals surface area contributed by atoms with E-state index in [2.05, 4.69) is 5.32 Å². The Morgan fingerprint density at radius 3 is 2.24 bits per heavy atom. The van der Waals surface area contributed by atoms with Crippen molar-refractivity contribution >= 4 is 29.4 Å². The highest BCUT2D eigenvalue weighted by Crippen LogP contribution is 2.30. The maximum absolute atomic E-state index is 13.2. The molecule has 0 bridgehead atoms. The number of hydrogen-bond acceptors (Lipinski definition) is 6. The van der Waals surface area contributed by atoms with Crippen molar-refractivity contribution in [3.05, 3.63) is 138 Å². The number of nitrogens with zero attached hydrogens (tertiary/aromatic N) is 1. The Hall–Kier alpha value is -5.17. The molecule has 0 aliphatic heterocycles. The summed E-state index contributed by atoms with van der Waals surface area (Å²) in [4.78, 5) is 40.8. The summed E-state index contributed by atoms with van der Waals surface area (Å²) < 4.78 is 11.1. The number of amides is 1. The van der Waals surface area contributed by atoms with E-state index in [4.69, 9.17) is 9.47 Å². The Bertz CT molecular complexity index is 1620. The molecule has 1 atom stereocenters. The molecule has 0 unspecified atom stereocenters. The Balaban J connectivity index is 1.15. The van der Waals surface area contributed by atoms with Gasteiger partial charge in [-0.15, -0.1) is 0 Å². The number of anilines is 1. The molecule has 0 saturated heterocycles. The summed E-state index contributed by atoms with van der Waals surface area (Å²) in [6.45, 7) is 1.90. The second-order valence-corrected chi connectivity index (χ2v) is 11.5. The lowest BCUT2D eigenvalue weighted by Crippen LogP contribution is -2.33. The van der Waals surface area contributed by atoms with Gasteiger partial charge in [-0.05, 0) is 66.6 Å². The van der Waals surface area contributed by atoms with Crippen LogP contribution in [-0.2, 0) is 20.7 Å². The van der Waals surface area contributed by atoms with Crippen molar-refractivity contribution in [1.29, 1.82) is 0 Å². The second kappa shape index (κ2) is 16.2. The number of methoxy groups -OCH3 is 1. The number of hydrogen-bond donors (Lipinski definition) is 1. The smallest absolute Gasteiger partial charge is 0.328 e. The van der Waals surface area contributed by atoms with Crippen molar-refractivity contribution < 1.29 is 23.9 Å². The van der Waals surface area contributed by atoms with E-state index in [9.17, 15) is 14.4 Å². The number of para-hydroxylation sites is 1. The summed E-state index contributed by atoms with van der Waals surface area (Å²) in [5.41, 5.74) is 3.54. The van der Waals surface area contributed by atoms with E-state index in [1.165, 1.54) is 20.0 Å². The number of nitrogens with one attached hydrogen (secondary N) is 1. The number of ether oxygens (including phenoxy) is 2. The highest BCUT2D eigenvalue weighted by atomic mass is 16.5. The average molecular weight is 617 g/mol. The second-order valence-electron chi connectivity index (χ2n) is 11.5. The highest BCUT2D eigenvalue weighted by molar-refractivity contribution is 6.12. The average Bonchev–Trinajstić information content (AvgIpc) is 3.93. The minimum Gasteiger partial charge on any atom is -0.494 e. The van der Waals surface area contributed by atoms with Crippen molar-refractivity contribution in [3.63, 3.8) is 0 Å². The van der Waals surface area contributed by atoms with E-state index >= 15 is 0 Å². The molecule has 46 heavy (non-hydrogen) atoms. The molecule has 5 rings (SSSR count). The molecule has 0 spiro atoms. The third-order valence-corrected chi connectivity index (χ3v) is 7.93. The summed E-state index contributed by atoms with van der Waals surface area (Å²) in [6.07, 6.45) is 6.96. The van der Waals surface area contributed by atoms with E-state index in [1.54, 1.807) is 36.4 Å². The van der Waals surface area contributed by atoms with Gasteiger partial charge in [0.15, 0.2) is 5.78 Å². The Kier molecular flexibility index (Phi) is 11.4. The normalized spacial score (nSPS) is 13.2. The standard InChI is InChI=1S/C39H40N2O5/c1-45-39(44)36(40-35-16-9-8-15-34(35)38(43)32-13-6-3-7-14-32)27-30-19-22-33(23-20-30)46-26-10-25-41(28-31-17-18-31)37(42)24-21-29-11-4-2-5-12-29/h2-9,11-16,19-24,31,36,40H,10,17-18,25-28H2,1H3/t36-/m0/s1. The summed E-state index contributed by atoms with van der Waals surface area (Å²) in [5.74, 6) is 0.794. The van der Waals surface area contributed by atoms with Crippen LogP contribution >= 0.6 is 0 Å². The predicted octanol–water partition coefficient (Wildman–Crippen LogP) is 6.83. The van der Waals surface area contributed by atoms with Gasteiger partial charge in [-0.25, -0.2) is 4.79 Å². The fourth-order valence-electron chi connectivity index (χ4n) is 5.22. The largest absolute Gasteiger partial charge is 0.494 e. The Labute approximate surface area is 270 Å².